The summed E-state index contributed by atoms with van der Waals surface area (Å²) >= 11 is 0.570. The van der Waals surface area contributed by atoms with E-state index in [1.165, 1.54) is 0 Å². The SMILES string of the molecule is COCCOCCCCNCc1ccc(CSC(F)F)o1. The molecule has 122 valence electrons. The van der Waals surface area contributed by atoms with E-state index in [9.17, 15) is 8.78 Å². The van der Waals surface area contributed by atoms with Crippen molar-refractivity contribution in [1.29, 1.82) is 0 Å². The van der Waals surface area contributed by atoms with Gasteiger partial charge < -0.3 is 19.2 Å². The van der Waals surface area contributed by atoms with Crippen LogP contribution in [0, 0.1) is 0 Å². The van der Waals surface area contributed by atoms with Gasteiger partial charge in [0.1, 0.15) is 11.5 Å². The second-order valence-electron chi connectivity index (χ2n) is 4.43. The van der Waals surface area contributed by atoms with E-state index in [4.69, 9.17) is 13.9 Å². The Bertz CT molecular complexity index is 364. The molecule has 0 saturated carbocycles. The number of hydrogen-bond donors (Lipinski definition) is 1. The lowest BCUT2D eigenvalue weighted by molar-refractivity contribution is 0.0688. The molecule has 1 heterocycles. The van der Waals surface area contributed by atoms with Crippen LogP contribution in [0.2, 0.25) is 0 Å². The molecule has 0 aliphatic heterocycles. The smallest absolute Gasteiger partial charge is 0.284 e. The van der Waals surface area contributed by atoms with Crippen LogP contribution < -0.4 is 5.32 Å². The van der Waals surface area contributed by atoms with Crippen LogP contribution in [0.4, 0.5) is 8.78 Å². The molecule has 1 aromatic heterocycles. The Labute approximate surface area is 128 Å². The topological polar surface area (TPSA) is 43.6 Å². The van der Waals surface area contributed by atoms with E-state index in [0.717, 1.165) is 31.8 Å². The maximum absolute atomic E-state index is 12.0. The minimum atomic E-state index is -2.36. The molecule has 0 fully saturated rings. The Morgan fingerprint density at radius 2 is 2.00 bits per heavy atom. The third kappa shape index (κ3) is 9.84. The summed E-state index contributed by atoms with van der Waals surface area (Å²) in [6.45, 7) is 3.48. The van der Waals surface area contributed by atoms with Crippen LogP contribution in [0.15, 0.2) is 16.5 Å². The fourth-order valence-electron chi connectivity index (χ4n) is 1.65. The van der Waals surface area contributed by atoms with Gasteiger partial charge in [-0.2, -0.15) is 8.78 Å². The predicted molar refractivity (Wildman–Crippen MR) is 79.6 cm³/mol. The molecule has 0 aromatic carbocycles. The Morgan fingerprint density at radius 3 is 2.76 bits per heavy atom. The zero-order chi connectivity index (χ0) is 15.3. The summed E-state index contributed by atoms with van der Waals surface area (Å²) in [5.74, 6) is -0.793. The highest BCUT2D eigenvalue weighted by molar-refractivity contribution is 7.98. The summed E-state index contributed by atoms with van der Waals surface area (Å²) in [5.41, 5.74) is 0. The maximum atomic E-state index is 12.0. The molecule has 0 unspecified atom stereocenters. The summed E-state index contributed by atoms with van der Waals surface area (Å²) in [6, 6.07) is 3.57. The van der Waals surface area contributed by atoms with E-state index in [0.29, 0.717) is 37.3 Å². The van der Waals surface area contributed by atoms with Gasteiger partial charge in [0.25, 0.3) is 5.76 Å². The van der Waals surface area contributed by atoms with Crippen molar-refractivity contribution in [2.75, 3.05) is 33.5 Å². The van der Waals surface area contributed by atoms with Crippen LogP contribution in [0.5, 0.6) is 0 Å². The van der Waals surface area contributed by atoms with E-state index in [-0.39, 0.29) is 5.75 Å². The van der Waals surface area contributed by atoms with Crippen LogP contribution in [0.3, 0.4) is 0 Å². The van der Waals surface area contributed by atoms with Gasteiger partial charge in [-0.1, -0.05) is 11.8 Å². The monoisotopic (exact) mass is 323 g/mol. The first-order valence-electron chi connectivity index (χ1n) is 6.97. The normalized spacial score (nSPS) is 11.4. The molecule has 0 amide bonds. The van der Waals surface area contributed by atoms with Crippen molar-refractivity contribution in [2.45, 2.75) is 30.9 Å². The minimum Gasteiger partial charge on any atom is -0.464 e. The maximum Gasteiger partial charge on any atom is 0.284 e. The molecule has 0 atom stereocenters. The van der Waals surface area contributed by atoms with Crippen molar-refractivity contribution >= 4 is 11.8 Å². The average Bonchev–Trinajstić information content (AvgIpc) is 2.91. The van der Waals surface area contributed by atoms with Gasteiger partial charge in [-0.05, 0) is 31.5 Å². The molecule has 1 aromatic rings. The highest BCUT2D eigenvalue weighted by Gasteiger charge is 2.07. The Hall–Kier alpha value is -0.630. The molecular weight excluding hydrogens is 300 g/mol. The Kier molecular flexibility index (Phi) is 10.5. The predicted octanol–water partition coefficient (Wildman–Crippen LogP) is 3.27. The van der Waals surface area contributed by atoms with Crippen molar-refractivity contribution in [2.24, 2.45) is 0 Å². The first kappa shape index (κ1) is 18.4. The molecule has 7 heteroatoms. The van der Waals surface area contributed by atoms with Gasteiger partial charge in [0.15, 0.2) is 0 Å². The lowest BCUT2D eigenvalue weighted by Gasteiger charge is -2.04. The molecule has 21 heavy (non-hydrogen) atoms. The number of rotatable bonds is 13. The number of halogens is 2. The van der Waals surface area contributed by atoms with E-state index < -0.39 is 5.76 Å². The largest absolute Gasteiger partial charge is 0.464 e. The molecule has 0 aliphatic rings. The van der Waals surface area contributed by atoms with E-state index in [1.807, 2.05) is 6.07 Å². The van der Waals surface area contributed by atoms with Crippen LogP contribution in [-0.4, -0.2) is 39.2 Å². The molecule has 4 nitrogen and oxygen atoms in total. The number of thioether (sulfide) groups is 1. The fourth-order valence-corrected chi connectivity index (χ4v) is 2.10. The van der Waals surface area contributed by atoms with Crippen LogP contribution in [0.1, 0.15) is 24.4 Å². The fraction of sp³-hybridized carbons (Fsp3) is 0.714. The number of hydrogen-bond acceptors (Lipinski definition) is 5. The molecule has 0 radical (unpaired) electrons. The molecular formula is C14H23F2NO3S. The lowest BCUT2D eigenvalue weighted by atomic mass is 10.3. The highest BCUT2D eigenvalue weighted by atomic mass is 32.2. The summed E-state index contributed by atoms with van der Waals surface area (Å²) in [7, 11) is 1.65. The van der Waals surface area contributed by atoms with E-state index >= 15 is 0 Å². The number of nitrogens with one attached hydrogen (secondary N) is 1. The summed E-state index contributed by atoms with van der Waals surface area (Å²) in [4.78, 5) is 0. The number of unbranched alkanes of at least 4 members (excludes halogenated alkanes) is 1. The van der Waals surface area contributed by atoms with E-state index in [1.54, 1.807) is 13.2 Å². The van der Waals surface area contributed by atoms with Crippen LogP contribution >= 0.6 is 11.8 Å². The number of furan rings is 1. The van der Waals surface area contributed by atoms with Crippen molar-refractivity contribution in [3.05, 3.63) is 23.7 Å². The van der Waals surface area contributed by atoms with E-state index in [2.05, 4.69) is 5.32 Å². The second kappa shape index (κ2) is 12.0. The van der Waals surface area contributed by atoms with Gasteiger partial charge in [0.05, 0.1) is 25.5 Å². The van der Waals surface area contributed by atoms with Crippen molar-refractivity contribution in [1.82, 2.24) is 5.32 Å². The van der Waals surface area contributed by atoms with Crippen molar-refractivity contribution in [3.8, 4) is 0 Å². The van der Waals surface area contributed by atoms with Gasteiger partial charge >= 0.3 is 0 Å². The standard InChI is InChI=1S/C14H23F2NO3S/c1-18-8-9-19-7-3-2-6-17-10-12-4-5-13(20-12)11-21-14(15)16/h4-5,14,17H,2-3,6-11H2,1H3. The first-order chi connectivity index (χ1) is 10.2. The quantitative estimate of drug-likeness (QED) is 0.564. The Balaban J connectivity index is 1.97. The van der Waals surface area contributed by atoms with Crippen molar-refractivity contribution in [3.63, 3.8) is 0 Å². The summed E-state index contributed by atoms with van der Waals surface area (Å²) in [5, 5.41) is 3.25. The molecule has 0 spiro atoms. The molecule has 0 saturated heterocycles. The van der Waals surface area contributed by atoms with Crippen LogP contribution in [0.25, 0.3) is 0 Å². The first-order valence-corrected chi connectivity index (χ1v) is 8.02. The molecule has 0 bridgehead atoms. The van der Waals surface area contributed by atoms with Gasteiger partial charge in [-0.3, -0.25) is 0 Å². The third-order valence-electron chi connectivity index (χ3n) is 2.69. The zero-order valence-corrected chi connectivity index (χ0v) is 13.1. The minimum absolute atomic E-state index is 0.205. The van der Waals surface area contributed by atoms with Crippen LogP contribution in [-0.2, 0) is 21.8 Å². The lowest BCUT2D eigenvalue weighted by Crippen LogP contribution is -2.15. The summed E-state index contributed by atoms with van der Waals surface area (Å²) < 4.78 is 39.8. The summed E-state index contributed by atoms with van der Waals surface area (Å²) in [6.07, 6.45) is 2.01. The molecule has 1 N–H and O–H groups in total. The molecule has 0 aliphatic carbocycles. The van der Waals surface area contributed by atoms with Gasteiger partial charge in [0, 0.05) is 13.7 Å². The number of alkyl halides is 2. The third-order valence-corrected chi connectivity index (χ3v) is 3.40. The average molecular weight is 323 g/mol. The van der Waals surface area contributed by atoms with Crippen molar-refractivity contribution < 1.29 is 22.7 Å². The molecule has 1 rings (SSSR count). The zero-order valence-electron chi connectivity index (χ0n) is 12.3. The van der Waals surface area contributed by atoms with Gasteiger partial charge in [0.2, 0.25) is 0 Å². The van der Waals surface area contributed by atoms with Gasteiger partial charge in [-0.25, -0.2) is 0 Å². The number of methoxy groups -OCH3 is 1. The number of ether oxygens (including phenoxy) is 2. The van der Waals surface area contributed by atoms with Gasteiger partial charge in [-0.15, -0.1) is 0 Å². The second-order valence-corrected chi connectivity index (χ2v) is 5.41. The highest BCUT2D eigenvalue weighted by Crippen LogP contribution is 2.21. The Morgan fingerprint density at radius 1 is 1.19 bits per heavy atom.